The van der Waals surface area contributed by atoms with Gasteiger partial charge in [-0.1, -0.05) is 32.8 Å². The monoisotopic (exact) mass is 397 g/mol. The molecular formula is C23H31N3O3. The fraction of sp³-hybridized carbons (Fsp3) is 0.391. The summed E-state index contributed by atoms with van der Waals surface area (Å²) in [5, 5.41) is 8.80. The zero-order chi connectivity index (χ0) is 20.9. The molecule has 3 N–H and O–H groups in total. The molecule has 2 rings (SSSR count). The standard InChI is InChI=1S/C23H31N3O3/c1-3-5-14-24-23(28)18-10-12-19(13-11-18)25-17-22(27)26-20-8-7-9-21(16-20)29-15-6-4-2/h7-13,16,25H,3-6,14-15,17H2,1-2H3,(H,24,28)(H,26,27). The summed E-state index contributed by atoms with van der Waals surface area (Å²) in [6.45, 7) is 5.68. The Hall–Kier alpha value is -3.02. The van der Waals surface area contributed by atoms with Crippen molar-refractivity contribution < 1.29 is 14.3 Å². The summed E-state index contributed by atoms with van der Waals surface area (Å²) in [7, 11) is 0. The van der Waals surface area contributed by atoms with E-state index >= 15 is 0 Å². The molecule has 0 saturated carbocycles. The van der Waals surface area contributed by atoms with Crippen LogP contribution < -0.4 is 20.7 Å². The first kappa shape index (κ1) is 22.3. The van der Waals surface area contributed by atoms with Crippen molar-refractivity contribution in [3.63, 3.8) is 0 Å². The maximum Gasteiger partial charge on any atom is 0.251 e. The van der Waals surface area contributed by atoms with Crippen LogP contribution in [0.15, 0.2) is 48.5 Å². The topological polar surface area (TPSA) is 79.5 Å². The number of rotatable bonds is 12. The van der Waals surface area contributed by atoms with Gasteiger partial charge >= 0.3 is 0 Å². The van der Waals surface area contributed by atoms with Gasteiger partial charge in [-0.2, -0.15) is 0 Å². The first-order chi connectivity index (χ1) is 14.1. The largest absolute Gasteiger partial charge is 0.494 e. The molecule has 0 fully saturated rings. The van der Waals surface area contributed by atoms with E-state index < -0.39 is 0 Å². The van der Waals surface area contributed by atoms with Crippen LogP contribution in [0.5, 0.6) is 5.75 Å². The molecule has 0 aliphatic rings. The third-order valence-corrected chi connectivity index (χ3v) is 4.30. The molecular weight excluding hydrogens is 366 g/mol. The summed E-state index contributed by atoms with van der Waals surface area (Å²) in [6.07, 6.45) is 4.09. The van der Waals surface area contributed by atoms with Gasteiger partial charge in [-0.25, -0.2) is 0 Å². The van der Waals surface area contributed by atoms with Crippen molar-refractivity contribution in [3.05, 3.63) is 54.1 Å². The van der Waals surface area contributed by atoms with E-state index in [1.807, 2.05) is 24.3 Å². The molecule has 6 heteroatoms. The van der Waals surface area contributed by atoms with Gasteiger partial charge in [0.25, 0.3) is 5.91 Å². The van der Waals surface area contributed by atoms with Crippen molar-refractivity contribution in [3.8, 4) is 5.75 Å². The van der Waals surface area contributed by atoms with Crippen LogP contribution in [0, 0.1) is 0 Å². The van der Waals surface area contributed by atoms with E-state index in [-0.39, 0.29) is 18.4 Å². The van der Waals surface area contributed by atoms with Crippen LogP contribution in [0.3, 0.4) is 0 Å². The van der Waals surface area contributed by atoms with E-state index in [4.69, 9.17) is 4.74 Å². The van der Waals surface area contributed by atoms with Crippen molar-refractivity contribution in [2.45, 2.75) is 39.5 Å². The number of carbonyl (C=O) groups is 2. The second kappa shape index (κ2) is 12.4. The lowest BCUT2D eigenvalue weighted by atomic mass is 10.2. The van der Waals surface area contributed by atoms with Crippen LogP contribution in [0.2, 0.25) is 0 Å². The normalized spacial score (nSPS) is 10.3. The molecule has 29 heavy (non-hydrogen) atoms. The third-order valence-electron chi connectivity index (χ3n) is 4.30. The van der Waals surface area contributed by atoms with Crippen molar-refractivity contribution in [1.82, 2.24) is 5.32 Å². The van der Waals surface area contributed by atoms with Gasteiger partial charge in [0.2, 0.25) is 5.91 Å². The molecule has 156 valence electrons. The molecule has 2 aromatic rings. The number of ether oxygens (including phenoxy) is 1. The summed E-state index contributed by atoms with van der Waals surface area (Å²) in [5.41, 5.74) is 2.09. The lowest BCUT2D eigenvalue weighted by Crippen LogP contribution is -2.24. The highest BCUT2D eigenvalue weighted by Gasteiger charge is 2.06. The number of benzene rings is 2. The van der Waals surface area contributed by atoms with Gasteiger partial charge < -0.3 is 20.7 Å². The minimum absolute atomic E-state index is 0.0798. The summed E-state index contributed by atoms with van der Waals surface area (Å²) < 4.78 is 5.66. The second-order valence-electron chi connectivity index (χ2n) is 6.82. The smallest absolute Gasteiger partial charge is 0.251 e. The fourth-order valence-electron chi connectivity index (χ4n) is 2.61. The maximum atomic E-state index is 12.2. The highest BCUT2D eigenvalue weighted by Crippen LogP contribution is 2.18. The lowest BCUT2D eigenvalue weighted by Gasteiger charge is -2.10. The van der Waals surface area contributed by atoms with Gasteiger partial charge in [0, 0.05) is 29.5 Å². The first-order valence-electron chi connectivity index (χ1n) is 10.3. The molecule has 0 aromatic heterocycles. The van der Waals surface area contributed by atoms with Gasteiger partial charge in [0.05, 0.1) is 13.2 Å². The van der Waals surface area contributed by atoms with Crippen LogP contribution in [0.4, 0.5) is 11.4 Å². The Morgan fingerprint density at radius 2 is 1.69 bits per heavy atom. The molecule has 0 aliphatic carbocycles. The van der Waals surface area contributed by atoms with E-state index in [9.17, 15) is 9.59 Å². The first-order valence-corrected chi connectivity index (χ1v) is 10.3. The highest BCUT2D eigenvalue weighted by molar-refractivity contribution is 5.95. The number of anilines is 2. The molecule has 0 radical (unpaired) electrons. The summed E-state index contributed by atoms with van der Waals surface area (Å²) in [4.78, 5) is 24.2. The number of hydrogen-bond donors (Lipinski definition) is 3. The number of carbonyl (C=O) groups excluding carboxylic acids is 2. The van der Waals surface area contributed by atoms with E-state index in [0.29, 0.717) is 24.4 Å². The van der Waals surface area contributed by atoms with Crippen molar-refractivity contribution in [1.29, 1.82) is 0 Å². The fourth-order valence-corrected chi connectivity index (χ4v) is 2.61. The van der Waals surface area contributed by atoms with Crippen LogP contribution in [0.1, 0.15) is 49.9 Å². The molecule has 0 saturated heterocycles. The summed E-state index contributed by atoms with van der Waals surface area (Å²) >= 11 is 0. The number of nitrogens with one attached hydrogen (secondary N) is 3. The van der Waals surface area contributed by atoms with Gasteiger partial charge in [0.15, 0.2) is 0 Å². The van der Waals surface area contributed by atoms with Crippen LogP contribution >= 0.6 is 0 Å². The molecule has 0 atom stereocenters. The molecule has 2 aromatic carbocycles. The van der Waals surface area contributed by atoms with Crippen LogP contribution in [0.25, 0.3) is 0 Å². The Bertz CT molecular complexity index is 775. The molecule has 0 heterocycles. The number of amides is 2. The van der Waals surface area contributed by atoms with Crippen molar-refractivity contribution in [2.24, 2.45) is 0 Å². The second-order valence-corrected chi connectivity index (χ2v) is 6.82. The van der Waals surface area contributed by atoms with E-state index in [1.54, 1.807) is 24.3 Å². The SMILES string of the molecule is CCCCNC(=O)c1ccc(NCC(=O)Nc2cccc(OCCCC)c2)cc1. The van der Waals surface area contributed by atoms with Crippen molar-refractivity contribution >= 4 is 23.2 Å². The molecule has 0 bridgehead atoms. The number of hydrogen-bond acceptors (Lipinski definition) is 4. The quantitative estimate of drug-likeness (QED) is 0.463. The Morgan fingerprint density at radius 3 is 2.41 bits per heavy atom. The molecule has 0 spiro atoms. The van der Waals surface area contributed by atoms with Gasteiger partial charge in [-0.15, -0.1) is 0 Å². The Morgan fingerprint density at radius 1 is 0.931 bits per heavy atom. The summed E-state index contributed by atoms with van der Waals surface area (Å²) in [6, 6.07) is 14.5. The van der Waals surface area contributed by atoms with E-state index in [2.05, 4.69) is 29.8 Å². The Balaban J connectivity index is 1.79. The lowest BCUT2D eigenvalue weighted by molar-refractivity contribution is -0.114. The Labute approximate surface area is 173 Å². The summed E-state index contributed by atoms with van der Waals surface area (Å²) in [5.74, 6) is 0.512. The number of unbranched alkanes of at least 4 members (excludes halogenated alkanes) is 2. The van der Waals surface area contributed by atoms with Crippen LogP contribution in [-0.2, 0) is 4.79 Å². The average Bonchev–Trinajstić information content (AvgIpc) is 2.73. The van der Waals surface area contributed by atoms with Gasteiger partial charge in [0.1, 0.15) is 5.75 Å². The minimum Gasteiger partial charge on any atom is -0.494 e. The van der Waals surface area contributed by atoms with Gasteiger partial charge in [-0.05, 0) is 49.2 Å². The highest BCUT2D eigenvalue weighted by atomic mass is 16.5. The molecule has 0 unspecified atom stereocenters. The molecule has 0 aliphatic heterocycles. The van der Waals surface area contributed by atoms with Gasteiger partial charge in [-0.3, -0.25) is 9.59 Å². The Kier molecular flexibility index (Phi) is 9.55. The predicted octanol–water partition coefficient (Wildman–Crippen LogP) is 4.45. The molecule has 6 nitrogen and oxygen atoms in total. The average molecular weight is 398 g/mol. The zero-order valence-corrected chi connectivity index (χ0v) is 17.3. The van der Waals surface area contributed by atoms with Crippen LogP contribution in [-0.4, -0.2) is 31.5 Å². The van der Waals surface area contributed by atoms with Crippen molar-refractivity contribution in [2.75, 3.05) is 30.3 Å². The maximum absolute atomic E-state index is 12.2. The predicted molar refractivity (Wildman–Crippen MR) is 118 cm³/mol. The third kappa shape index (κ3) is 8.25. The van der Waals surface area contributed by atoms with E-state index in [0.717, 1.165) is 37.1 Å². The molecule has 2 amide bonds. The minimum atomic E-state index is -0.155. The zero-order valence-electron chi connectivity index (χ0n) is 17.3. The van der Waals surface area contributed by atoms with E-state index in [1.165, 1.54) is 0 Å².